The molecule has 39 heavy (non-hydrogen) atoms. The molecule has 1 aromatic heterocycles. The van der Waals surface area contributed by atoms with Crippen molar-refractivity contribution in [1.29, 1.82) is 0 Å². The topological polar surface area (TPSA) is 85.9 Å². The van der Waals surface area contributed by atoms with Crippen LogP contribution in [0.3, 0.4) is 0 Å². The Hall–Kier alpha value is -3.59. The molecular weight excluding hydrogens is 494 g/mol. The summed E-state index contributed by atoms with van der Waals surface area (Å²) in [4.78, 5) is 19.3. The molecule has 9 heteroatoms. The van der Waals surface area contributed by atoms with E-state index in [1.54, 1.807) is 4.57 Å². The Balaban J connectivity index is 1.07. The lowest BCUT2D eigenvalue weighted by molar-refractivity contribution is -0.389. The fourth-order valence-electron chi connectivity index (χ4n) is 5.58. The van der Waals surface area contributed by atoms with E-state index in [0.29, 0.717) is 25.1 Å². The van der Waals surface area contributed by atoms with E-state index in [1.165, 1.54) is 23.0 Å². The Morgan fingerprint density at radius 1 is 1.13 bits per heavy atom. The number of rotatable bonds is 10. The van der Waals surface area contributed by atoms with Crippen molar-refractivity contribution in [3.8, 4) is 11.8 Å². The van der Waals surface area contributed by atoms with Gasteiger partial charge in [0.1, 0.15) is 18.6 Å². The molecule has 1 fully saturated rings. The number of nitro groups is 1. The van der Waals surface area contributed by atoms with Gasteiger partial charge in [-0.25, -0.2) is 0 Å². The number of benzene rings is 2. The van der Waals surface area contributed by atoms with Crippen molar-refractivity contribution in [2.24, 2.45) is 5.92 Å². The first kappa shape index (κ1) is 27.0. The van der Waals surface area contributed by atoms with E-state index < -0.39 is 10.5 Å². The van der Waals surface area contributed by atoms with Crippen LogP contribution in [0.5, 0.6) is 11.8 Å². The van der Waals surface area contributed by atoms with Crippen molar-refractivity contribution in [2.75, 3.05) is 31.6 Å². The number of aromatic nitrogens is 2. The van der Waals surface area contributed by atoms with Crippen molar-refractivity contribution in [3.63, 3.8) is 0 Å². The summed E-state index contributed by atoms with van der Waals surface area (Å²) in [6.45, 7) is 10.3. The minimum atomic E-state index is -0.625. The highest BCUT2D eigenvalue weighted by Crippen LogP contribution is 2.32. The third kappa shape index (κ3) is 6.53. The largest absolute Gasteiger partial charge is 0.489 e. The van der Waals surface area contributed by atoms with Crippen LogP contribution in [0.2, 0.25) is 0 Å². The van der Waals surface area contributed by atoms with Crippen LogP contribution in [-0.4, -0.2) is 57.8 Å². The standard InChI is InChI=1S/C30H39N5O4/c1-22(2)17-23-5-7-24(8-6-23)18-32(4)25-13-15-33(16-14-25)26-9-11-27(12-10-26)38-21-30(3)20-34-19-28(35(36)37)31-29(34)39-30/h5-12,19,22,25H,13-18,20-21H2,1-4H3/t30-/m1/s1. The zero-order valence-electron chi connectivity index (χ0n) is 23.4. The Labute approximate surface area is 230 Å². The van der Waals surface area contributed by atoms with Crippen molar-refractivity contribution in [3.05, 3.63) is 76.0 Å². The van der Waals surface area contributed by atoms with Gasteiger partial charge in [0.15, 0.2) is 5.60 Å². The fourth-order valence-corrected chi connectivity index (χ4v) is 5.58. The maximum absolute atomic E-state index is 10.9. The molecule has 2 aliphatic rings. The lowest BCUT2D eigenvalue weighted by atomic mass is 10.00. The molecule has 2 aromatic carbocycles. The molecule has 208 valence electrons. The predicted molar refractivity (Wildman–Crippen MR) is 152 cm³/mol. The van der Waals surface area contributed by atoms with E-state index in [4.69, 9.17) is 9.47 Å². The Morgan fingerprint density at radius 2 is 1.79 bits per heavy atom. The number of ether oxygens (including phenoxy) is 2. The number of fused-ring (bicyclic) bond motifs is 1. The van der Waals surface area contributed by atoms with Crippen LogP contribution in [-0.2, 0) is 19.5 Å². The molecule has 3 aromatic rings. The van der Waals surface area contributed by atoms with Crippen LogP contribution >= 0.6 is 0 Å². The monoisotopic (exact) mass is 533 g/mol. The van der Waals surface area contributed by atoms with Gasteiger partial charge in [0.05, 0.1) is 6.54 Å². The quantitative estimate of drug-likeness (QED) is 0.258. The predicted octanol–water partition coefficient (Wildman–Crippen LogP) is 5.32. The minimum Gasteiger partial charge on any atom is -0.489 e. The van der Waals surface area contributed by atoms with Crippen LogP contribution in [0.1, 0.15) is 44.7 Å². The van der Waals surface area contributed by atoms with Crippen molar-refractivity contribution in [2.45, 2.75) is 64.8 Å². The number of hydrogen-bond acceptors (Lipinski definition) is 7. The molecule has 0 N–H and O–H groups in total. The third-order valence-corrected chi connectivity index (χ3v) is 7.69. The highest BCUT2D eigenvalue weighted by atomic mass is 16.6. The van der Waals surface area contributed by atoms with Gasteiger partial charge in [-0.2, -0.15) is 0 Å². The van der Waals surface area contributed by atoms with Gasteiger partial charge in [0, 0.05) is 36.3 Å². The van der Waals surface area contributed by atoms with E-state index in [9.17, 15) is 10.1 Å². The molecule has 3 heterocycles. The fraction of sp³-hybridized carbons (Fsp3) is 0.500. The van der Waals surface area contributed by atoms with Gasteiger partial charge < -0.3 is 24.5 Å². The SMILES string of the molecule is CC(C)Cc1ccc(CN(C)C2CCN(c3ccc(OC[C@@]4(C)Cn5cc([N+](=O)[O-])nc5O4)cc3)CC2)cc1. The highest BCUT2D eigenvalue weighted by molar-refractivity contribution is 5.49. The second kappa shape index (κ2) is 11.3. The van der Waals surface area contributed by atoms with E-state index >= 15 is 0 Å². The van der Waals surface area contributed by atoms with Gasteiger partial charge in [-0.1, -0.05) is 38.1 Å². The molecule has 0 radical (unpaired) electrons. The Kier molecular flexibility index (Phi) is 7.79. The third-order valence-electron chi connectivity index (χ3n) is 7.69. The zero-order chi connectivity index (χ0) is 27.6. The summed E-state index contributed by atoms with van der Waals surface area (Å²) in [5.41, 5.74) is 3.38. The van der Waals surface area contributed by atoms with Crippen molar-refractivity contribution >= 4 is 11.5 Å². The Morgan fingerprint density at radius 3 is 2.41 bits per heavy atom. The summed E-state index contributed by atoms with van der Waals surface area (Å²) in [5.74, 6) is 1.25. The van der Waals surface area contributed by atoms with Crippen LogP contribution in [0.15, 0.2) is 54.7 Å². The van der Waals surface area contributed by atoms with E-state index in [2.05, 4.69) is 72.1 Å². The smallest absolute Gasteiger partial charge is 0.415 e. The number of imidazole rings is 1. The Bertz CT molecular complexity index is 1240. The van der Waals surface area contributed by atoms with Crippen LogP contribution in [0.25, 0.3) is 0 Å². The second-order valence-corrected chi connectivity index (χ2v) is 11.6. The summed E-state index contributed by atoms with van der Waals surface area (Å²) >= 11 is 0. The van der Waals surface area contributed by atoms with E-state index in [-0.39, 0.29) is 11.8 Å². The molecular formula is C30H39N5O4. The second-order valence-electron chi connectivity index (χ2n) is 11.6. The van der Waals surface area contributed by atoms with E-state index in [1.807, 2.05) is 19.1 Å². The molecule has 0 amide bonds. The summed E-state index contributed by atoms with van der Waals surface area (Å²) < 4.78 is 13.5. The molecule has 0 bridgehead atoms. The molecule has 1 saturated heterocycles. The number of hydrogen-bond donors (Lipinski definition) is 0. The maximum atomic E-state index is 10.9. The zero-order valence-corrected chi connectivity index (χ0v) is 23.4. The molecule has 0 spiro atoms. The number of nitrogens with zero attached hydrogens (tertiary/aromatic N) is 5. The van der Waals surface area contributed by atoms with Gasteiger partial charge in [-0.15, -0.1) is 0 Å². The number of piperidine rings is 1. The average molecular weight is 534 g/mol. The molecule has 0 unspecified atom stereocenters. The van der Waals surface area contributed by atoms with Gasteiger partial charge in [-0.05, 0) is 79.5 Å². The van der Waals surface area contributed by atoms with Crippen molar-refractivity contribution < 1.29 is 14.4 Å². The summed E-state index contributed by atoms with van der Waals surface area (Å²) in [5, 5.41) is 10.9. The molecule has 5 rings (SSSR count). The maximum Gasteiger partial charge on any atom is 0.415 e. The average Bonchev–Trinajstić information content (AvgIpc) is 3.44. The first-order valence-electron chi connectivity index (χ1n) is 13.8. The summed E-state index contributed by atoms with van der Waals surface area (Å²) in [7, 11) is 2.25. The van der Waals surface area contributed by atoms with E-state index in [0.717, 1.165) is 44.6 Å². The summed E-state index contributed by atoms with van der Waals surface area (Å²) in [6.07, 6.45) is 4.82. The normalized spacial score (nSPS) is 19.4. The lowest BCUT2D eigenvalue weighted by Gasteiger charge is -2.38. The van der Waals surface area contributed by atoms with Crippen molar-refractivity contribution in [1.82, 2.24) is 14.5 Å². The summed E-state index contributed by atoms with van der Waals surface area (Å²) in [6, 6.07) is 18.2. The molecule has 9 nitrogen and oxygen atoms in total. The molecule has 0 saturated carbocycles. The first-order chi connectivity index (χ1) is 18.7. The number of anilines is 1. The minimum absolute atomic E-state index is 0.203. The lowest BCUT2D eigenvalue weighted by Crippen LogP contribution is -2.43. The van der Waals surface area contributed by atoms with Crippen LogP contribution in [0.4, 0.5) is 11.5 Å². The highest BCUT2D eigenvalue weighted by Gasteiger charge is 2.41. The van der Waals surface area contributed by atoms with Gasteiger partial charge in [0.2, 0.25) is 0 Å². The molecule has 1 atom stereocenters. The van der Waals surface area contributed by atoms with Crippen LogP contribution < -0.4 is 14.4 Å². The molecule has 2 aliphatic heterocycles. The van der Waals surface area contributed by atoms with Gasteiger partial charge >= 0.3 is 11.8 Å². The van der Waals surface area contributed by atoms with Gasteiger partial charge in [-0.3, -0.25) is 9.47 Å². The molecule has 0 aliphatic carbocycles. The van der Waals surface area contributed by atoms with Crippen LogP contribution in [0, 0.1) is 16.0 Å². The first-order valence-corrected chi connectivity index (χ1v) is 13.8. The van der Waals surface area contributed by atoms with Gasteiger partial charge in [0.25, 0.3) is 0 Å².